The molecule has 3 N–H and O–H groups in total. The van der Waals surface area contributed by atoms with Gasteiger partial charge in [-0.2, -0.15) is 0 Å². The van der Waals surface area contributed by atoms with Gasteiger partial charge in [-0.3, -0.25) is 19.4 Å². The maximum atomic E-state index is 13.2. The van der Waals surface area contributed by atoms with Gasteiger partial charge in [0.05, 0.1) is 5.75 Å². The third-order valence-electron chi connectivity index (χ3n) is 5.46. The van der Waals surface area contributed by atoms with Gasteiger partial charge in [0.2, 0.25) is 5.91 Å². The highest BCUT2D eigenvalue weighted by Crippen LogP contribution is 2.21. The Morgan fingerprint density at radius 1 is 0.789 bits per heavy atom. The summed E-state index contributed by atoms with van der Waals surface area (Å²) >= 11 is 1.38. The van der Waals surface area contributed by atoms with Crippen LogP contribution in [0.2, 0.25) is 0 Å². The summed E-state index contributed by atoms with van der Waals surface area (Å²) in [6, 6.07) is 27.0. The summed E-state index contributed by atoms with van der Waals surface area (Å²) in [5, 5.41) is 8.41. The molecular weight excluding hydrogens is 496 g/mol. The van der Waals surface area contributed by atoms with Crippen LogP contribution in [0.4, 0.5) is 11.4 Å². The van der Waals surface area contributed by atoms with Crippen molar-refractivity contribution in [1.29, 1.82) is 0 Å². The van der Waals surface area contributed by atoms with Gasteiger partial charge >= 0.3 is 0 Å². The van der Waals surface area contributed by atoms with Gasteiger partial charge in [0, 0.05) is 34.2 Å². The molecule has 0 atom stereocenters. The van der Waals surface area contributed by atoms with E-state index in [0.717, 1.165) is 16.0 Å². The second-order valence-electron chi connectivity index (χ2n) is 8.29. The van der Waals surface area contributed by atoms with Crippen molar-refractivity contribution in [2.24, 2.45) is 0 Å². The summed E-state index contributed by atoms with van der Waals surface area (Å²) < 4.78 is 0. The largest absolute Gasteiger partial charge is 0.325 e. The summed E-state index contributed by atoms with van der Waals surface area (Å²) in [6.45, 7) is 1.94. The van der Waals surface area contributed by atoms with Crippen molar-refractivity contribution in [3.05, 3.63) is 126 Å². The fourth-order valence-corrected chi connectivity index (χ4v) is 4.16. The first-order valence-electron chi connectivity index (χ1n) is 11.9. The van der Waals surface area contributed by atoms with E-state index in [1.54, 1.807) is 67.0 Å². The standard InChI is InChI=1S/C30H26N4O3S/c1-21-7-5-6-10-23(21)19-27(34-29(36)22-8-3-2-4-9-22)30(37)33-24-11-13-26(14-12-24)38-20-28(35)32-25-15-17-31-18-16-25/h2-19H,20H2,1H3,(H,33,37)(H,34,36)(H,31,32,35)/b27-19-. The number of aromatic nitrogens is 1. The number of hydrogen-bond donors (Lipinski definition) is 3. The van der Waals surface area contributed by atoms with Crippen LogP contribution in [0.15, 0.2) is 114 Å². The van der Waals surface area contributed by atoms with Crippen LogP contribution in [0.25, 0.3) is 6.08 Å². The van der Waals surface area contributed by atoms with Gasteiger partial charge in [0.15, 0.2) is 0 Å². The molecule has 4 aromatic rings. The summed E-state index contributed by atoms with van der Waals surface area (Å²) in [4.78, 5) is 43.0. The smallest absolute Gasteiger partial charge is 0.272 e. The molecule has 0 saturated heterocycles. The van der Waals surface area contributed by atoms with Crippen molar-refractivity contribution in [3.63, 3.8) is 0 Å². The minimum atomic E-state index is -0.449. The van der Waals surface area contributed by atoms with Crippen LogP contribution in [-0.2, 0) is 9.59 Å². The van der Waals surface area contributed by atoms with Crippen molar-refractivity contribution in [2.75, 3.05) is 16.4 Å². The van der Waals surface area contributed by atoms with Crippen LogP contribution in [0.5, 0.6) is 0 Å². The molecule has 8 heteroatoms. The van der Waals surface area contributed by atoms with Gasteiger partial charge in [-0.25, -0.2) is 0 Å². The van der Waals surface area contributed by atoms with Crippen LogP contribution >= 0.6 is 11.8 Å². The first kappa shape index (κ1) is 26.4. The topological polar surface area (TPSA) is 100 Å². The van der Waals surface area contributed by atoms with Gasteiger partial charge < -0.3 is 16.0 Å². The number of hydrogen-bond acceptors (Lipinski definition) is 5. The molecule has 38 heavy (non-hydrogen) atoms. The molecule has 0 spiro atoms. The molecule has 0 fully saturated rings. The Hall–Kier alpha value is -4.69. The fourth-order valence-electron chi connectivity index (χ4n) is 3.46. The Bertz CT molecular complexity index is 1440. The van der Waals surface area contributed by atoms with Crippen molar-refractivity contribution >= 4 is 46.9 Å². The zero-order chi connectivity index (χ0) is 26.7. The number of nitrogens with one attached hydrogen (secondary N) is 3. The summed E-state index contributed by atoms with van der Waals surface area (Å²) in [6.07, 6.45) is 4.89. The van der Waals surface area contributed by atoms with Crippen molar-refractivity contribution in [2.45, 2.75) is 11.8 Å². The van der Waals surface area contributed by atoms with Crippen LogP contribution in [-0.4, -0.2) is 28.5 Å². The van der Waals surface area contributed by atoms with Gasteiger partial charge in [-0.05, 0) is 72.7 Å². The number of rotatable bonds is 9. The number of pyridine rings is 1. The molecule has 7 nitrogen and oxygen atoms in total. The van der Waals surface area contributed by atoms with Crippen LogP contribution < -0.4 is 16.0 Å². The number of carbonyl (C=O) groups is 3. The van der Waals surface area contributed by atoms with Crippen LogP contribution in [0, 0.1) is 6.92 Å². The molecule has 0 aliphatic rings. The number of thioether (sulfide) groups is 1. The average molecular weight is 523 g/mol. The second-order valence-corrected chi connectivity index (χ2v) is 9.33. The number of carbonyl (C=O) groups excluding carboxylic acids is 3. The maximum Gasteiger partial charge on any atom is 0.272 e. The molecule has 3 aromatic carbocycles. The molecule has 0 aliphatic heterocycles. The quantitative estimate of drug-likeness (QED) is 0.198. The first-order chi connectivity index (χ1) is 18.5. The zero-order valence-electron chi connectivity index (χ0n) is 20.7. The molecule has 0 radical (unpaired) electrons. The van der Waals surface area contributed by atoms with E-state index in [-0.39, 0.29) is 23.3 Å². The van der Waals surface area contributed by atoms with Crippen LogP contribution in [0.1, 0.15) is 21.5 Å². The first-order valence-corrected chi connectivity index (χ1v) is 12.8. The van der Waals surface area contributed by atoms with Gasteiger partial charge in [-0.15, -0.1) is 11.8 Å². The Labute approximate surface area is 225 Å². The molecule has 0 aliphatic carbocycles. The van der Waals surface area contributed by atoms with E-state index in [2.05, 4.69) is 20.9 Å². The second kappa shape index (κ2) is 13.0. The SMILES string of the molecule is Cc1ccccc1/C=C(\NC(=O)c1ccccc1)C(=O)Nc1ccc(SCC(=O)Nc2ccncc2)cc1. The fraction of sp³-hybridized carbons (Fsp3) is 0.0667. The normalized spacial score (nSPS) is 10.9. The highest BCUT2D eigenvalue weighted by atomic mass is 32.2. The minimum absolute atomic E-state index is 0.124. The number of anilines is 2. The molecule has 4 rings (SSSR count). The van der Waals surface area contributed by atoms with E-state index in [4.69, 9.17) is 0 Å². The third-order valence-corrected chi connectivity index (χ3v) is 6.48. The van der Waals surface area contributed by atoms with E-state index in [1.807, 2.05) is 49.4 Å². The Morgan fingerprint density at radius 3 is 2.16 bits per heavy atom. The third kappa shape index (κ3) is 7.65. The molecular formula is C30H26N4O3S. The van der Waals surface area contributed by atoms with Crippen molar-refractivity contribution in [1.82, 2.24) is 10.3 Å². The lowest BCUT2D eigenvalue weighted by Gasteiger charge is -2.12. The van der Waals surface area contributed by atoms with E-state index >= 15 is 0 Å². The average Bonchev–Trinajstić information content (AvgIpc) is 2.94. The predicted molar refractivity (Wildman–Crippen MR) is 152 cm³/mol. The highest BCUT2D eigenvalue weighted by Gasteiger charge is 2.15. The monoisotopic (exact) mass is 522 g/mol. The number of aryl methyl sites for hydroxylation is 1. The number of nitrogens with zero attached hydrogens (tertiary/aromatic N) is 1. The lowest BCUT2D eigenvalue weighted by Crippen LogP contribution is -2.30. The molecule has 0 saturated carbocycles. The van der Waals surface area contributed by atoms with Crippen molar-refractivity contribution in [3.8, 4) is 0 Å². The van der Waals surface area contributed by atoms with E-state index in [0.29, 0.717) is 16.9 Å². The Kier molecular flexibility index (Phi) is 9.04. The summed E-state index contributed by atoms with van der Waals surface area (Å²) in [5.74, 6) is -0.714. The Morgan fingerprint density at radius 2 is 1.45 bits per heavy atom. The molecule has 0 bridgehead atoms. The van der Waals surface area contributed by atoms with Crippen LogP contribution in [0.3, 0.4) is 0 Å². The lowest BCUT2D eigenvalue weighted by atomic mass is 10.1. The number of amides is 3. The minimum Gasteiger partial charge on any atom is -0.325 e. The van der Waals surface area contributed by atoms with E-state index in [9.17, 15) is 14.4 Å². The van der Waals surface area contributed by atoms with E-state index in [1.165, 1.54) is 11.8 Å². The molecule has 0 unspecified atom stereocenters. The van der Waals surface area contributed by atoms with E-state index < -0.39 is 5.91 Å². The molecule has 1 aromatic heterocycles. The molecule has 1 heterocycles. The summed E-state index contributed by atoms with van der Waals surface area (Å²) in [5.41, 5.74) is 3.62. The van der Waals surface area contributed by atoms with Gasteiger partial charge in [0.1, 0.15) is 5.70 Å². The predicted octanol–water partition coefficient (Wildman–Crippen LogP) is 5.53. The highest BCUT2D eigenvalue weighted by molar-refractivity contribution is 8.00. The van der Waals surface area contributed by atoms with Gasteiger partial charge in [0.25, 0.3) is 11.8 Å². The van der Waals surface area contributed by atoms with Gasteiger partial charge in [-0.1, -0.05) is 42.5 Å². The summed E-state index contributed by atoms with van der Waals surface area (Å²) in [7, 11) is 0. The lowest BCUT2D eigenvalue weighted by molar-refractivity contribution is -0.114. The molecule has 3 amide bonds. The maximum absolute atomic E-state index is 13.2. The zero-order valence-corrected chi connectivity index (χ0v) is 21.5. The Balaban J connectivity index is 1.42. The number of benzene rings is 3. The van der Waals surface area contributed by atoms with Crippen molar-refractivity contribution < 1.29 is 14.4 Å². The molecule has 190 valence electrons.